The van der Waals surface area contributed by atoms with E-state index in [1.807, 2.05) is 12.1 Å². The van der Waals surface area contributed by atoms with Gasteiger partial charge in [-0.3, -0.25) is 0 Å². The molecule has 1 unspecified atom stereocenters. The maximum atomic E-state index is 9.37. The molecular weight excluding hydrogens is 244 g/mol. The Morgan fingerprint density at radius 3 is 2.35 bits per heavy atom. The van der Waals surface area contributed by atoms with Crippen molar-refractivity contribution in [2.45, 2.75) is 19.3 Å². The van der Waals surface area contributed by atoms with E-state index in [0.717, 1.165) is 6.42 Å². The highest BCUT2D eigenvalue weighted by Crippen LogP contribution is 2.26. The van der Waals surface area contributed by atoms with Crippen molar-refractivity contribution < 1.29 is 5.11 Å². The lowest BCUT2D eigenvalue weighted by molar-refractivity contribution is 0.475. The summed E-state index contributed by atoms with van der Waals surface area (Å²) in [6.45, 7) is 2.23. The quantitative estimate of drug-likeness (QED) is 0.712. The summed E-state index contributed by atoms with van der Waals surface area (Å²) in [5.41, 5.74) is 2.64. The predicted molar refractivity (Wildman–Crippen MR) is 84.2 cm³/mol. The van der Waals surface area contributed by atoms with Gasteiger partial charge in [0, 0.05) is 0 Å². The number of hydrogen-bond donors (Lipinski definition) is 1. The Balaban J connectivity index is 1.91. The van der Waals surface area contributed by atoms with Gasteiger partial charge in [-0.2, -0.15) is 0 Å². The van der Waals surface area contributed by atoms with Crippen LogP contribution in [-0.2, 0) is 6.42 Å². The average molecular weight is 262 g/mol. The highest BCUT2D eigenvalue weighted by atomic mass is 16.3. The topological polar surface area (TPSA) is 20.2 Å². The third-order valence-electron chi connectivity index (χ3n) is 3.87. The van der Waals surface area contributed by atoms with Crippen LogP contribution in [0.4, 0.5) is 0 Å². The molecule has 0 saturated heterocycles. The Labute approximate surface area is 119 Å². The molecule has 3 aromatic rings. The third kappa shape index (κ3) is 2.53. The fourth-order valence-electron chi connectivity index (χ4n) is 2.72. The van der Waals surface area contributed by atoms with Crippen molar-refractivity contribution in [2.24, 2.45) is 0 Å². The number of rotatable bonds is 3. The van der Waals surface area contributed by atoms with Gasteiger partial charge in [0.25, 0.3) is 0 Å². The largest absolute Gasteiger partial charge is 0.508 e. The van der Waals surface area contributed by atoms with Crippen molar-refractivity contribution in [1.82, 2.24) is 0 Å². The van der Waals surface area contributed by atoms with Crippen molar-refractivity contribution in [3.05, 3.63) is 77.9 Å². The van der Waals surface area contributed by atoms with Crippen LogP contribution < -0.4 is 0 Å². The first-order valence-electron chi connectivity index (χ1n) is 6.99. The van der Waals surface area contributed by atoms with E-state index >= 15 is 0 Å². The van der Waals surface area contributed by atoms with E-state index in [-0.39, 0.29) is 0 Å². The van der Waals surface area contributed by atoms with Gasteiger partial charge in [-0.25, -0.2) is 0 Å². The molecule has 0 aliphatic carbocycles. The molecule has 3 aromatic carbocycles. The van der Waals surface area contributed by atoms with Gasteiger partial charge in [-0.05, 0) is 46.4 Å². The van der Waals surface area contributed by atoms with E-state index in [9.17, 15) is 5.11 Å². The molecule has 0 aliphatic heterocycles. The lowest BCUT2D eigenvalue weighted by Gasteiger charge is -2.14. The summed E-state index contributed by atoms with van der Waals surface area (Å²) in [6.07, 6.45) is 1.01. The second kappa shape index (κ2) is 5.38. The van der Waals surface area contributed by atoms with Crippen LogP contribution >= 0.6 is 0 Å². The van der Waals surface area contributed by atoms with E-state index in [2.05, 4.69) is 49.4 Å². The maximum absolute atomic E-state index is 9.37. The lowest BCUT2D eigenvalue weighted by atomic mass is 9.91. The normalized spacial score (nSPS) is 12.4. The van der Waals surface area contributed by atoms with Crippen LogP contribution in [0.1, 0.15) is 24.0 Å². The van der Waals surface area contributed by atoms with Crippen molar-refractivity contribution in [2.75, 3.05) is 0 Å². The van der Waals surface area contributed by atoms with E-state index in [1.165, 1.54) is 21.9 Å². The fourth-order valence-corrected chi connectivity index (χ4v) is 2.72. The molecule has 0 fully saturated rings. The first-order valence-corrected chi connectivity index (χ1v) is 6.99. The standard InChI is InChI=1S/C19H18O/c1-14(15-9-11-18(20)12-10-15)13-17-7-4-6-16-5-2-3-8-19(16)17/h2-12,14,20H,13H2,1H3. The molecule has 0 aliphatic rings. The Morgan fingerprint density at radius 1 is 0.850 bits per heavy atom. The van der Waals surface area contributed by atoms with Crippen molar-refractivity contribution in [3.8, 4) is 5.75 Å². The summed E-state index contributed by atoms with van der Waals surface area (Å²) in [4.78, 5) is 0. The van der Waals surface area contributed by atoms with Crippen LogP contribution in [0, 0.1) is 0 Å². The van der Waals surface area contributed by atoms with Crippen molar-refractivity contribution in [3.63, 3.8) is 0 Å². The summed E-state index contributed by atoms with van der Waals surface area (Å²) < 4.78 is 0. The first-order chi connectivity index (χ1) is 9.74. The van der Waals surface area contributed by atoms with Crippen LogP contribution in [0.5, 0.6) is 5.75 Å². The Kier molecular flexibility index (Phi) is 3.42. The number of fused-ring (bicyclic) bond motifs is 1. The minimum Gasteiger partial charge on any atom is -0.508 e. The molecule has 0 spiro atoms. The van der Waals surface area contributed by atoms with Gasteiger partial charge in [0.2, 0.25) is 0 Å². The van der Waals surface area contributed by atoms with E-state index in [4.69, 9.17) is 0 Å². The zero-order valence-corrected chi connectivity index (χ0v) is 11.6. The molecule has 0 heterocycles. The summed E-state index contributed by atoms with van der Waals surface area (Å²) >= 11 is 0. The van der Waals surface area contributed by atoms with Crippen LogP contribution in [0.2, 0.25) is 0 Å². The van der Waals surface area contributed by atoms with Gasteiger partial charge < -0.3 is 5.11 Å². The number of phenols is 1. The molecule has 3 rings (SSSR count). The van der Waals surface area contributed by atoms with Crippen LogP contribution in [0.15, 0.2) is 66.7 Å². The minimum absolute atomic E-state index is 0.325. The second-order valence-electron chi connectivity index (χ2n) is 5.33. The van der Waals surface area contributed by atoms with E-state index < -0.39 is 0 Å². The van der Waals surface area contributed by atoms with Crippen LogP contribution in [-0.4, -0.2) is 5.11 Å². The molecule has 1 atom stereocenters. The molecule has 1 heteroatoms. The highest BCUT2D eigenvalue weighted by molar-refractivity contribution is 5.85. The highest BCUT2D eigenvalue weighted by Gasteiger charge is 2.09. The second-order valence-corrected chi connectivity index (χ2v) is 5.33. The minimum atomic E-state index is 0.325. The Bertz CT molecular complexity index is 708. The van der Waals surface area contributed by atoms with Crippen LogP contribution in [0.25, 0.3) is 10.8 Å². The molecule has 0 aromatic heterocycles. The lowest BCUT2D eigenvalue weighted by Crippen LogP contribution is -1.99. The summed E-state index contributed by atoms with van der Waals surface area (Å²) in [7, 11) is 0. The zero-order valence-electron chi connectivity index (χ0n) is 11.6. The Morgan fingerprint density at radius 2 is 1.55 bits per heavy atom. The van der Waals surface area contributed by atoms with Crippen molar-refractivity contribution in [1.29, 1.82) is 0 Å². The van der Waals surface area contributed by atoms with E-state index in [0.29, 0.717) is 11.7 Å². The molecule has 1 N–H and O–H groups in total. The van der Waals surface area contributed by atoms with Gasteiger partial charge in [-0.15, -0.1) is 0 Å². The van der Waals surface area contributed by atoms with Gasteiger partial charge in [0.05, 0.1) is 0 Å². The smallest absolute Gasteiger partial charge is 0.115 e. The molecule has 1 nitrogen and oxygen atoms in total. The van der Waals surface area contributed by atoms with Crippen LogP contribution in [0.3, 0.4) is 0 Å². The number of aromatic hydroxyl groups is 1. The number of benzene rings is 3. The molecule has 0 bridgehead atoms. The molecule has 0 saturated carbocycles. The monoisotopic (exact) mass is 262 g/mol. The Hall–Kier alpha value is -2.28. The number of phenolic OH excluding ortho intramolecular Hbond substituents is 1. The number of hydrogen-bond acceptors (Lipinski definition) is 1. The molecule has 0 amide bonds. The van der Waals surface area contributed by atoms with Gasteiger partial charge in [0.1, 0.15) is 5.75 Å². The van der Waals surface area contributed by atoms with Crippen molar-refractivity contribution >= 4 is 10.8 Å². The summed E-state index contributed by atoms with van der Waals surface area (Å²) in [6, 6.07) is 22.5. The first kappa shape index (κ1) is 12.7. The van der Waals surface area contributed by atoms with E-state index in [1.54, 1.807) is 12.1 Å². The molecule has 100 valence electrons. The third-order valence-corrected chi connectivity index (χ3v) is 3.87. The van der Waals surface area contributed by atoms with Gasteiger partial charge >= 0.3 is 0 Å². The van der Waals surface area contributed by atoms with Gasteiger partial charge in [0.15, 0.2) is 0 Å². The molecule has 0 radical (unpaired) electrons. The maximum Gasteiger partial charge on any atom is 0.115 e. The SMILES string of the molecule is CC(Cc1cccc2ccccc12)c1ccc(O)cc1. The summed E-state index contributed by atoms with van der Waals surface area (Å²) in [5.74, 6) is 0.757. The average Bonchev–Trinajstić information content (AvgIpc) is 2.48. The van der Waals surface area contributed by atoms with Gasteiger partial charge in [-0.1, -0.05) is 61.5 Å². The summed E-state index contributed by atoms with van der Waals surface area (Å²) in [5, 5.41) is 12.0. The molecular formula is C19H18O. The fraction of sp³-hybridized carbons (Fsp3) is 0.158. The predicted octanol–water partition coefficient (Wildman–Crippen LogP) is 4.89. The molecule has 20 heavy (non-hydrogen) atoms. The zero-order chi connectivity index (χ0) is 13.9.